The number of benzene rings is 2. The van der Waals surface area contributed by atoms with Gasteiger partial charge in [0.2, 0.25) is 5.82 Å². The normalized spacial score (nSPS) is 20.7. The number of piperidine rings is 1. The Hall–Kier alpha value is -3.92. The van der Waals surface area contributed by atoms with Crippen LogP contribution in [0.5, 0.6) is 5.75 Å². The van der Waals surface area contributed by atoms with E-state index in [1.807, 2.05) is 42.5 Å². The third-order valence-electron chi connectivity index (χ3n) is 8.34. The molecule has 10 heteroatoms. The van der Waals surface area contributed by atoms with E-state index < -0.39 is 11.9 Å². The number of anilines is 2. The zero-order valence-corrected chi connectivity index (χ0v) is 22.2. The van der Waals surface area contributed by atoms with Crippen LogP contribution >= 0.6 is 0 Å². The number of nitrogens with one attached hydrogen (secondary N) is 2. The molecule has 0 bridgehead atoms. The number of hydrogen-bond acceptors (Lipinski definition) is 7. The molecule has 2 amide bonds. The van der Waals surface area contributed by atoms with Crippen LogP contribution in [0.3, 0.4) is 0 Å². The van der Waals surface area contributed by atoms with Crippen molar-refractivity contribution in [3.8, 4) is 5.75 Å². The van der Waals surface area contributed by atoms with Gasteiger partial charge in [-0.2, -0.15) is 0 Å². The van der Waals surface area contributed by atoms with Crippen LogP contribution in [-0.2, 0) is 16.0 Å². The maximum absolute atomic E-state index is 13.4. The second kappa shape index (κ2) is 10.7. The Morgan fingerprint density at radius 3 is 2.64 bits per heavy atom. The Kier molecular flexibility index (Phi) is 6.95. The van der Waals surface area contributed by atoms with Gasteiger partial charge in [-0.3, -0.25) is 14.7 Å². The zero-order valence-electron chi connectivity index (χ0n) is 22.2. The molecule has 1 atom stereocenters. The van der Waals surface area contributed by atoms with E-state index in [4.69, 9.17) is 9.47 Å². The van der Waals surface area contributed by atoms with Crippen LogP contribution in [0, 0.1) is 5.41 Å². The van der Waals surface area contributed by atoms with Crippen LogP contribution in [0.25, 0.3) is 0 Å². The number of nitrogens with zero attached hydrogens (tertiary/aromatic N) is 4. The monoisotopic (exact) mass is 530 g/mol. The number of H-pyrrole nitrogens is 1. The molecule has 2 aromatic carbocycles. The highest BCUT2D eigenvalue weighted by Gasteiger charge is 2.37. The third kappa shape index (κ3) is 5.34. The second-order valence-corrected chi connectivity index (χ2v) is 10.8. The topological polar surface area (TPSA) is 113 Å². The maximum Gasteiger partial charge on any atom is 0.291 e. The molecular formula is C29H34N6O4. The van der Waals surface area contributed by atoms with Gasteiger partial charge < -0.3 is 24.6 Å². The van der Waals surface area contributed by atoms with Crippen molar-refractivity contribution in [2.45, 2.75) is 38.1 Å². The fourth-order valence-electron chi connectivity index (χ4n) is 5.82. The van der Waals surface area contributed by atoms with Gasteiger partial charge in [0.1, 0.15) is 24.2 Å². The third-order valence-corrected chi connectivity index (χ3v) is 8.34. The molecule has 3 aliphatic rings. The largest absolute Gasteiger partial charge is 0.489 e. The first-order valence-corrected chi connectivity index (χ1v) is 13.6. The van der Waals surface area contributed by atoms with Crippen molar-refractivity contribution in [1.82, 2.24) is 20.5 Å². The molecule has 0 aliphatic carbocycles. The molecule has 204 valence electrons. The van der Waals surface area contributed by atoms with E-state index >= 15 is 0 Å². The summed E-state index contributed by atoms with van der Waals surface area (Å²) in [6.45, 7) is 3.73. The number of carbonyl (C=O) groups excluding carboxylic acids is 2. The summed E-state index contributed by atoms with van der Waals surface area (Å²) in [4.78, 5) is 34.5. The van der Waals surface area contributed by atoms with Gasteiger partial charge >= 0.3 is 0 Å². The molecular weight excluding hydrogens is 496 g/mol. The number of aromatic nitrogens is 3. The van der Waals surface area contributed by atoms with Crippen LogP contribution in [0.4, 0.5) is 11.4 Å². The summed E-state index contributed by atoms with van der Waals surface area (Å²) in [5, 5.41) is 9.63. The van der Waals surface area contributed by atoms with E-state index in [1.54, 1.807) is 11.9 Å². The molecule has 3 aliphatic heterocycles. The lowest BCUT2D eigenvalue weighted by Crippen LogP contribution is -2.49. The van der Waals surface area contributed by atoms with Crippen molar-refractivity contribution < 1.29 is 19.1 Å². The van der Waals surface area contributed by atoms with Gasteiger partial charge in [0.05, 0.1) is 5.69 Å². The molecule has 0 saturated carbocycles. The average molecular weight is 531 g/mol. The summed E-state index contributed by atoms with van der Waals surface area (Å²) in [6, 6.07) is 14.9. The van der Waals surface area contributed by atoms with Gasteiger partial charge in [-0.05, 0) is 54.9 Å². The van der Waals surface area contributed by atoms with Crippen LogP contribution in [-0.4, -0.2) is 73.0 Å². The number of hydrogen-bond donors (Lipinski definition) is 2. The standard InChI is InChI=1S/C29H34N6O4/c1-34-23-18-21(35-13-9-29(10-14-35)11-15-38-16-12-29)7-8-24(23)39-19-22(28(34)37)30-27(36)26-31-25(32-33-26)17-20-5-3-2-4-6-20/h2-8,18,22H,9-17,19H2,1H3,(H,30,36)(H,31,32,33). The van der Waals surface area contributed by atoms with Crippen molar-refractivity contribution in [2.75, 3.05) is 49.8 Å². The highest BCUT2D eigenvalue weighted by Crippen LogP contribution is 2.42. The Balaban J connectivity index is 1.10. The molecule has 39 heavy (non-hydrogen) atoms. The zero-order chi connectivity index (χ0) is 26.8. The summed E-state index contributed by atoms with van der Waals surface area (Å²) in [7, 11) is 1.72. The molecule has 3 aromatic rings. The van der Waals surface area contributed by atoms with E-state index in [2.05, 4.69) is 31.5 Å². The lowest BCUT2D eigenvalue weighted by Gasteiger charge is -2.45. The molecule has 10 nitrogen and oxygen atoms in total. The lowest BCUT2D eigenvalue weighted by atomic mass is 9.72. The smallest absolute Gasteiger partial charge is 0.291 e. The minimum absolute atomic E-state index is 0.00664. The molecule has 1 aromatic heterocycles. The van der Waals surface area contributed by atoms with E-state index in [9.17, 15) is 9.59 Å². The predicted octanol–water partition coefficient (Wildman–Crippen LogP) is 2.95. The number of likely N-dealkylation sites (N-methyl/N-ethyl adjacent to an activating group) is 1. The van der Waals surface area contributed by atoms with Gasteiger partial charge in [-0.15, -0.1) is 5.10 Å². The molecule has 6 rings (SSSR count). The van der Waals surface area contributed by atoms with Crippen LogP contribution in [0.1, 0.15) is 47.7 Å². The number of amides is 2. The highest BCUT2D eigenvalue weighted by atomic mass is 16.5. The summed E-state index contributed by atoms with van der Waals surface area (Å²) in [5.41, 5.74) is 3.24. The van der Waals surface area contributed by atoms with E-state index in [0.29, 0.717) is 29.1 Å². The summed E-state index contributed by atoms with van der Waals surface area (Å²) >= 11 is 0. The van der Waals surface area contributed by atoms with E-state index in [0.717, 1.165) is 63.2 Å². The number of fused-ring (bicyclic) bond motifs is 1. The molecule has 1 spiro atoms. The van der Waals surface area contributed by atoms with Gasteiger partial charge in [0.15, 0.2) is 0 Å². The van der Waals surface area contributed by atoms with Gasteiger partial charge in [-0.25, -0.2) is 4.98 Å². The van der Waals surface area contributed by atoms with Crippen LogP contribution in [0.2, 0.25) is 0 Å². The molecule has 2 saturated heterocycles. The molecule has 2 fully saturated rings. The lowest BCUT2D eigenvalue weighted by molar-refractivity contribution is -0.120. The quantitative estimate of drug-likeness (QED) is 0.522. The first-order valence-electron chi connectivity index (χ1n) is 13.6. The average Bonchev–Trinajstić information content (AvgIpc) is 3.40. The van der Waals surface area contributed by atoms with Crippen molar-refractivity contribution in [2.24, 2.45) is 5.41 Å². The molecule has 1 unspecified atom stereocenters. The van der Waals surface area contributed by atoms with Gasteiger partial charge in [0, 0.05) is 45.5 Å². The number of carbonyl (C=O) groups is 2. The van der Waals surface area contributed by atoms with E-state index in [-0.39, 0.29) is 18.3 Å². The van der Waals surface area contributed by atoms with Crippen molar-refractivity contribution in [3.63, 3.8) is 0 Å². The van der Waals surface area contributed by atoms with Crippen molar-refractivity contribution in [3.05, 3.63) is 65.7 Å². The van der Waals surface area contributed by atoms with Crippen LogP contribution < -0.4 is 19.9 Å². The molecule has 0 radical (unpaired) electrons. The first-order chi connectivity index (χ1) is 19.0. The Morgan fingerprint density at radius 2 is 1.87 bits per heavy atom. The fourth-order valence-corrected chi connectivity index (χ4v) is 5.82. The Labute approximate surface area is 227 Å². The highest BCUT2D eigenvalue weighted by molar-refractivity contribution is 6.02. The minimum atomic E-state index is -0.863. The van der Waals surface area contributed by atoms with Gasteiger partial charge in [0.25, 0.3) is 11.8 Å². The first kappa shape index (κ1) is 25.4. The number of ether oxygens (including phenoxy) is 2. The predicted molar refractivity (Wildman–Crippen MR) is 146 cm³/mol. The summed E-state index contributed by atoms with van der Waals surface area (Å²) in [6.07, 6.45) is 5.12. The SMILES string of the molecule is CN1C(=O)C(NC(=O)c2n[nH]c(Cc3ccccc3)n2)COc2ccc(N3CCC4(CCOCC4)CC3)cc21. The Morgan fingerprint density at radius 1 is 1.10 bits per heavy atom. The maximum atomic E-state index is 13.4. The van der Waals surface area contributed by atoms with Crippen molar-refractivity contribution >= 4 is 23.2 Å². The summed E-state index contributed by atoms with van der Waals surface area (Å²) < 4.78 is 11.6. The second-order valence-electron chi connectivity index (χ2n) is 10.8. The van der Waals surface area contributed by atoms with Crippen molar-refractivity contribution in [1.29, 1.82) is 0 Å². The minimum Gasteiger partial charge on any atom is -0.489 e. The molecule has 2 N–H and O–H groups in total. The Bertz CT molecular complexity index is 1330. The summed E-state index contributed by atoms with van der Waals surface area (Å²) in [5.74, 6) is 0.412. The van der Waals surface area contributed by atoms with Gasteiger partial charge in [-0.1, -0.05) is 30.3 Å². The van der Waals surface area contributed by atoms with E-state index in [1.165, 1.54) is 0 Å². The number of aromatic amines is 1. The van der Waals surface area contributed by atoms with Crippen LogP contribution in [0.15, 0.2) is 48.5 Å². The fraction of sp³-hybridized carbons (Fsp3) is 0.448. The number of rotatable bonds is 5. The molecule has 4 heterocycles.